The minimum atomic E-state index is 0.417. The van der Waals surface area contributed by atoms with Gasteiger partial charge in [0.2, 0.25) is 0 Å². The zero-order valence-corrected chi connectivity index (χ0v) is 17.1. The zero-order chi connectivity index (χ0) is 19.9. The van der Waals surface area contributed by atoms with Crippen LogP contribution in [0, 0.1) is 5.92 Å². The molecular weight excluding hydrogens is 352 g/mol. The molecule has 0 saturated heterocycles. The van der Waals surface area contributed by atoms with Crippen LogP contribution in [0.2, 0.25) is 0 Å². The predicted octanol–water partition coefficient (Wildman–Crippen LogP) is 6.93. The second-order valence-electron chi connectivity index (χ2n) is 7.75. The highest BCUT2D eigenvalue weighted by atomic mass is 15.2. The quantitative estimate of drug-likeness (QED) is 0.180. The first kappa shape index (κ1) is 19.3. The zero-order valence-electron chi connectivity index (χ0n) is 17.1. The van der Waals surface area contributed by atoms with Crippen molar-refractivity contribution >= 4 is 11.9 Å². The Hall–Kier alpha value is -3.00. The fraction of sp³-hybridized carbons (Fsp3) is 0.259. The molecule has 146 valence electrons. The highest BCUT2D eigenvalue weighted by Crippen LogP contribution is 2.36. The first-order valence-corrected chi connectivity index (χ1v) is 10.7. The van der Waals surface area contributed by atoms with E-state index in [2.05, 4.69) is 97.1 Å². The third-order valence-electron chi connectivity index (χ3n) is 5.61. The maximum Gasteiger partial charge on any atom is 0.101 e. The van der Waals surface area contributed by atoms with Gasteiger partial charge in [-0.15, -0.1) is 0 Å². The van der Waals surface area contributed by atoms with E-state index in [1.165, 1.54) is 47.1 Å². The van der Waals surface area contributed by atoms with Crippen molar-refractivity contribution in [3.05, 3.63) is 95.6 Å². The summed E-state index contributed by atoms with van der Waals surface area (Å²) in [6.07, 6.45) is 8.00. The number of hydrogen-bond donors (Lipinski definition) is 0. The van der Waals surface area contributed by atoms with Gasteiger partial charge in [0.15, 0.2) is 0 Å². The number of benzene rings is 3. The monoisotopic (exact) mass is 380 g/mol. The second kappa shape index (κ2) is 9.47. The summed E-state index contributed by atoms with van der Waals surface area (Å²) in [5.41, 5.74) is 7.21. The highest BCUT2D eigenvalue weighted by molar-refractivity contribution is 6.24. The normalized spacial score (nSPS) is 13.3. The first-order chi connectivity index (χ1) is 14.4. The lowest BCUT2D eigenvalue weighted by atomic mass is 9.95. The molecule has 1 aliphatic carbocycles. The van der Waals surface area contributed by atoms with Gasteiger partial charge in [-0.25, -0.2) is 0 Å². The Morgan fingerprint density at radius 3 is 1.93 bits per heavy atom. The second-order valence-corrected chi connectivity index (χ2v) is 7.75. The predicted molar refractivity (Wildman–Crippen MR) is 124 cm³/mol. The average molecular weight is 381 g/mol. The van der Waals surface area contributed by atoms with Crippen LogP contribution in [0.4, 0.5) is 0 Å². The van der Waals surface area contributed by atoms with E-state index in [4.69, 9.17) is 5.10 Å². The summed E-state index contributed by atoms with van der Waals surface area (Å²) in [7, 11) is 0. The molecule has 0 radical (unpaired) electrons. The van der Waals surface area contributed by atoms with E-state index in [-0.39, 0.29) is 0 Å². The van der Waals surface area contributed by atoms with E-state index in [0.29, 0.717) is 5.92 Å². The van der Waals surface area contributed by atoms with E-state index < -0.39 is 0 Å². The van der Waals surface area contributed by atoms with Gasteiger partial charge in [-0.3, -0.25) is 0 Å². The molecular formula is C27H28N2. The number of rotatable bonds is 8. The van der Waals surface area contributed by atoms with Crippen LogP contribution in [0.15, 0.2) is 89.1 Å². The number of nitrogens with zero attached hydrogens (tertiary/aromatic N) is 2. The molecule has 2 nitrogen and oxygen atoms in total. The van der Waals surface area contributed by atoms with Crippen LogP contribution in [-0.4, -0.2) is 11.9 Å². The minimum Gasteiger partial charge on any atom is -0.163 e. The van der Waals surface area contributed by atoms with Crippen LogP contribution in [-0.2, 0) is 6.42 Å². The van der Waals surface area contributed by atoms with Crippen molar-refractivity contribution in [3.63, 3.8) is 0 Å². The Morgan fingerprint density at radius 2 is 1.31 bits per heavy atom. The van der Waals surface area contributed by atoms with Crippen molar-refractivity contribution in [1.29, 1.82) is 0 Å². The van der Waals surface area contributed by atoms with Gasteiger partial charge in [-0.05, 0) is 29.5 Å². The number of fused-ring (bicyclic) bond motifs is 3. The van der Waals surface area contributed by atoms with Crippen LogP contribution in [0.3, 0.4) is 0 Å². The van der Waals surface area contributed by atoms with Crippen molar-refractivity contribution in [2.75, 3.05) is 0 Å². The summed E-state index contributed by atoms with van der Waals surface area (Å²) >= 11 is 0. The standard InChI is InChI=1S/C27H28N2/c1-2-3-5-14-22(19-21-12-6-4-7-13-21)20-28-29-27-25-17-10-8-15-23(25)24-16-9-11-18-26(24)27/h4,6-13,15-18,20,22H,2-3,5,14,19H2,1H3/b28-20+/t22-/m1/s1. The Kier molecular flexibility index (Phi) is 6.31. The van der Waals surface area contributed by atoms with Crippen molar-refractivity contribution in [2.24, 2.45) is 16.1 Å². The SMILES string of the molecule is CCCCC[C@@H](/C=N/N=C1c2ccccc2-c2ccccc21)Cc1ccccc1. The van der Waals surface area contributed by atoms with Gasteiger partial charge in [0, 0.05) is 23.3 Å². The highest BCUT2D eigenvalue weighted by Gasteiger charge is 2.23. The van der Waals surface area contributed by atoms with Gasteiger partial charge in [0.25, 0.3) is 0 Å². The summed E-state index contributed by atoms with van der Waals surface area (Å²) < 4.78 is 0. The van der Waals surface area contributed by atoms with Crippen LogP contribution in [0.1, 0.15) is 49.3 Å². The molecule has 0 saturated carbocycles. The van der Waals surface area contributed by atoms with Gasteiger partial charge < -0.3 is 0 Å². The Balaban J connectivity index is 1.58. The van der Waals surface area contributed by atoms with E-state index in [1.807, 2.05) is 0 Å². The molecule has 0 fully saturated rings. The van der Waals surface area contributed by atoms with Gasteiger partial charge in [0.1, 0.15) is 5.71 Å². The topological polar surface area (TPSA) is 24.7 Å². The van der Waals surface area contributed by atoms with Crippen molar-refractivity contribution in [2.45, 2.75) is 39.0 Å². The van der Waals surface area contributed by atoms with Crippen LogP contribution < -0.4 is 0 Å². The third-order valence-corrected chi connectivity index (χ3v) is 5.61. The molecule has 0 heterocycles. The van der Waals surface area contributed by atoms with E-state index in [1.54, 1.807) is 0 Å². The fourth-order valence-electron chi connectivity index (χ4n) is 4.09. The molecule has 0 aliphatic heterocycles. The van der Waals surface area contributed by atoms with Crippen LogP contribution in [0.25, 0.3) is 11.1 Å². The first-order valence-electron chi connectivity index (χ1n) is 10.7. The summed E-state index contributed by atoms with van der Waals surface area (Å²) in [5.74, 6) is 0.417. The van der Waals surface area contributed by atoms with E-state index in [9.17, 15) is 0 Å². The Labute approximate surface area is 174 Å². The molecule has 0 bridgehead atoms. The molecule has 0 spiro atoms. The lowest BCUT2D eigenvalue weighted by Gasteiger charge is -2.11. The molecule has 0 unspecified atom stereocenters. The van der Waals surface area contributed by atoms with Gasteiger partial charge in [-0.2, -0.15) is 10.2 Å². The molecule has 3 aromatic carbocycles. The molecule has 2 heteroatoms. The lowest BCUT2D eigenvalue weighted by Crippen LogP contribution is -2.07. The smallest absolute Gasteiger partial charge is 0.101 e. The van der Waals surface area contributed by atoms with Crippen molar-refractivity contribution in [1.82, 2.24) is 0 Å². The van der Waals surface area contributed by atoms with E-state index >= 15 is 0 Å². The summed E-state index contributed by atoms with van der Waals surface area (Å²) in [6, 6.07) is 27.7. The molecule has 3 aromatic rings. The average Bonchev–Trinajstić information content (AvgIpc) is 3.09. The molecule has 0 N–H and O–H groups in total. The maximum absolute atomic E-state index is 4.70. The fourth-order valence-corrected chi connectivity index (χ4v) is 4.09. The molecule has 29 heavy (non-hydrogen) atoms. The largest absolute Gasteiger partial charge is 0.163 e. The Bertz CT molecular complexity index is 954. The number of hydrogen-bond acceptors (Lipinski definition) is 2. The van der Waals surface area contributed by atoms with Crippen LogP contribution >= 0.6 is 0 Å². The van der Waals surface area contributed by atoms with Crippen molar-refractivity contribution in [3.8, 4) is 11.1 Å². The van der Waals surface area contributed by atoms with Gasteiger partial charge in [-0.1, -0.05) is 105 Å². The summed E-state index contributed by atoms with van der Waals surface area (Å²) in [4.78, 5) is 0. The van der Waals surface area contributed by atoms with E-state index in [0.717, 1.165) is 18.6 Å². The Morgan fingerprint density at radius 1 is 0.724 bits per heavy atom. The third kappa shape index (κ3) is 4.54. The molecule has 4 rings (SSSR count). The van der Waals surface area contributed by atoms with Gasteiger partial charge in [0.05, 0.1) is 0 Å². The van der Waals surface area contributed by atoms with Crippen molar-refractivity contribution < 1.29 is 0 Å². The maximum atomic E-state index is 4.70. The lowest BCUT2D eigenvalue weighted by molar-refractivity contribution is 0.568. The summed E-state index contributed by atoms with van der Waals surface area (Å²) in [5, 5.41) is 9.29. The summed E-state index contributed by atoms with van der Waals surface area (Å²) in [6.45, 7) is 2.25. The van der Waals surface area contributed by atoms with Crippen LogP contribution in [0.5, 0.6) is 0 Å². The molecule has 1 atom stereocenters. The number of unbranched alkanes of at least 4 members (excludes halogenated alkanes) is 2. The molecule has 0 amide bonds. The molecule has 0 aromatic heterocycles. The molecule has 1 aliphatic rings. The minimum absolute atomic E-state index is 0.417. The van der Waals surface area contributed by atoms with Gasteiger partial charge >= 0.3 is 0 Å².